The van der Waals surface area contributed by atoms with Crippen molar-refractivity contribution in [1.29, 1.82) is 0 Å². The Balaban J connectivity index is 1.45. The van der Waals surface area contributed by atoms with Crippen LogP contribution in [0.1, 0.15) is 48.3 Å². The fourth-order valence-corrected chi connectivity index (χ4v) is 4.77. The summed E-state index contributed by atoms with van der Waals surface area (Å²) in [6, 6.07) is 5.67. The molecule has 1 aromatic carbocycles. The van der Waals surface area contributed by atoms with Gasteiger partial charge in [0.1, 0.15) is 16.9 Å². The number of benzene rings is 1. The number of hydrogen-bond acceptors (Lipinski definition) is 4. The first-order valence-corrected chi connectivity index (χ1v) is 10.3. The first kappa shape index (κ1) is 18.7. The van der Waals surface area contributed by atoms with Crippen molar-refractivity contribution in [3.63, 3.8) is 0 Å². The Morgan fingerprint density at radius 1 is 1.23 bits per heavy atom. The van der Waals surface area contributed by atoms with Gasteiger partial charge in [-0.15, -0.1) is 0 Å². The van der Waals surface area contributed by atoms with Crippen molar-refractivity contribution in [3.8, 4) is 0 Å². The van der Waals surface area contributed by atoms with E-state index in [9.17, 15) is 4.79 Å². The monoisotopic (exact) mass is 403 g/mol. The largest absolute Gasteiger partial charge is 0.482 e. The zero-order valence-electron chi connectivity index (χ0n) is 17.5. The molecule has 30 heavy (non-hydrogen) atoms. The minimum absolute atomic E-state index is 0.0187. The number of fused-ring (bicyclic) bond motifs is 3. The van der Waals surface area contributed by atoms with E-state index in [1.807, 2.05) is 60.9 Å². The Kier molecular flexibility index (Phi) is 4.27. The molecular formula is C23H25N5O2. The number of imidazole rings is 1. The minimum atomic E-state index is -0.451. The van der Waals surface area contributed by atoms with Gasteiger partial charge in [0.15, 0.2) is 0 Å². The molecule has 3 aromatic rings. The zero-order chi connectivity index (χ0) is 20.9. The standard InChI is InChI=1S/C23H25N5O2/c1-4-15-19(5-2)30-23(17-13-26-27(3)21(15)17)9-11-28(12-10-23)22(29)16-7-6-8-18-20(16)25-14-24-18/h4-8,13-14H,9-12H2,1-3H3,(H,24,25). The summed E-state index contributed by atoms with van der Waals surface area (Å²) < 4.78 is 8.51. The van der Waals surface area contributed by atoms with Crippen LogP contribution in [0.25, 0.3) is 16.6 Å². The van der Waals surface area contributed by atoms with Gasteiger partial charge in [-0.2, -0.15) is 5.10 Å². The number of aromatic amines is 1. The molecular weight excluding hydrogens is 378 g/mol. The van der Waals surface area contributed by atoms with Crippen molar-refractivity contribution >= 4 is 22.5 Å². The van der Waals surface area contributed by atoms with Crippen molar-refractivity contribution < 1.29 is 9.53 Å². The summed E-state index contributed by atoms with van der Waals surface area (Å²) in [5.74, 6) is 0.903. The van der Waals surface area contributed by atoms with Crippen LogP contribution in [-0.2, 0) is 17.4 Å². The summed E-state index contributed by atoms with van der Waals surface area (Å²) in [7, 11) is 1.97. The third kappa shape index (κ3) is 2.61. The Bertz CT molecular complexity index is 1190. The first-order valence-electron chi connectivity index (χ1n) is 10.3. The van der Waals surface area contributed by atoms with Crippen LogP contribution in [-0.4, -0.2) is 43.6 Å². The van der Waals surface area contributed by atoms with Crippen molar-refractivity contribution in [2.24, 2.45) is 7.05 Å². The van der Waals surface area contributed by atoms with Crippen molar-refractivity contribution in [3.05, 3.63) is 65.5 Å². The maximum Gasteiger partial charge on any atom is 0.256 e. The second kappa shape index (κ2) is 6.86. The molecule has 7 nitrogen and oxygen atoms in total. The molecule has 0 bridgehead atoms. The van der Waals surface area contributed by atoms with Crippen LogP contribution < -0.4 is 0 Å². The van der Waals surface area contributed by atoms with Gasteiger partial charge in [0.05, 0.1) is 29.3 Å². The number of ether oxygens (including phenoxy) is 1. The smallest absolute Gasteiger partial charge is 0.256 e. The Morgan fingerprint density at radius 3 is 2.77 bits per heavy atom. The van der Waals surface area contributed by atoms with Crippen molar-refractivity contribution in [2.75, 3.05) is 13.1 Å². The molecule has 0 atom stereocenters. The van der Waals surface area contributed by atoms with Crippen LogP contribution in [0.15, 0.2) is 48.6 Å². The first-order chi connectivity index (χ1) is 14.6. The van der Waals surface area contributed by atoms with Gasteiger partial charge in [-0.25, -0.2) is 4.98 Å². The molecule has 1 fully saturated rings. The number of nitrogens with one attached hydrogen (secondary N) is 1. The van der Waals surface area contributed by atoms with Gasteiger partial charge in [-0.05, 0) is 32.1 Å². The molecule has 2 aromatic heterocycles. The van der Waals surface area contributed by atoms with Gasteiger partial charge in [-0.3, -0.25) is 9.48 Å². The molecule has 154 valence electrons. The Labute approximate surface area is 175 Å². The lowest BCUT2D eigenvalue weighted by molar-refractivity contribution is -0.0465. The molecule has 2 aliphatic rings. The number of nitrogens with zero attached hydrogens (tertiary/aromatic N) is 4. The van der Waals surface area contributed by atoms with Gasteiger partial charge < -0.3 is 14.6 Å². The zero-order valence-corrected chi connectivity index (χ0v) is 17.5. The van der Waals surface area contributed by atoms with E-state index in [1.54, 1.807) is 6.33 Å². The average molecular weight is 403 g/mol. The van der Waals surface area contributed by atoms with E-state index in [0.717, 1.165) is 46.5 Å². The lowest BCUT2D eigenvalue weighted by Gasteiger charge is -2.45. The SMILES string of the molecule is CC=C1OC2(CCN(C(=O)c3cccc4[nH]cnc34)CC2)c2cnn(C)c2C1=CC. The number of carbonyl (C=O) groups excluding carboxylic acids is 1. The normalized spacial score (nSPS) is 20.7. The number of H-pyrrole nitrogens is 1. The number of carbonyl (C=O) groups is 1. The van der Waals surface area contributed by atoms with E-state index in [0.29, 0.717) is 18.7 Å². The maximum absolute atomic E-state index is 13.2. The highest BCUT2D eigenvalue weighted by Gasteiger charge is 2.46. The lowest BCUT2D eigenvalue weighted by Crippen LogP contribution is -2.47. The molecule has 1 N–H and O–H groups in total. The van der Waals surface area contributed by atoms with E-state index in [2.05, 4.69) is 21.1 Å². The molecule has 1 amide bonds. The van der Waals surface area contributed by atoms with E-state index in [4.69, 9.17) is 4.74 Å². The number of hydrogen-bond donors (Lipinski definition) is 1. The number of aryl methyl sites for hydroxylation is 1. The molecule has 0 unspecified atom stereocenters. The topological polar surface area (TPSA) is 76.0 Å². The minimum Gasteiger partial charge on any atom is -0.482 e. The van der Waals surface area contributed by atoms with E-state index < -0.39 is 5.60 Å². The number of aromatic nitrogens is 4. The fourth-order valence-electron chi connectivity index (χ4n) is 4.77. The van der Waals surface area contributed by atoms with E-state index in [1.165, 1.54) is 0 Å². The number of amides is 1. The van der Waals surface area contributed by atoms with Gasteiger partial charge in [0, 0.05) is 44.1 Å². The van der Waals surface area contributed by atoms with Crippen LogP contribution >= 0.6 is 0 Å². The number of piperidine rings is 1. The lowest BCUT2D eigenvalue weighted by atomic mass is 9.80. The summed E-state index contributed by atoms with van der Waals surface area (Å²) in [6.45, 7) is 5.26. The van der Waals surface area contributed by atoms with Crippen molar-refractivity contribution in [2.45, 2.75) is 32.3 Å². The molecule has 1 spiro atoms. The highest BCUT2D eigenvalue weighted by Crippen LogP contribution is 2.48. The molecule has 1 saturated heterocycles. The highest BCUT2D eigenvalue weighted by atomic mass is 16.5. The van der Waals surface area contributed by atoms with Crippen molar-refractivity contribution in [1.82, 2.24) is 24.6 Å². The molecule has 0 saturated carbocycles. The van der Waals surface area contributed by atoms with E-state index in [-0.39, 0.29) is 5.91 Å². The van der Waals surface area contributed by atoms with Crippen LogP contribution in [0.4, 0.5) is 0 Å². The quantitative estimate of drug-likeness (QED) is 0.671. The van der Waals surface area contributed by atoms with Gasteiger partial charge in [0.25, 0.3) is 5.91 Å². The summed E-state index contributed by atoms with van der Waals surface area (Å²) in [4.78, 5) is 22.6. The van der Waals surface area contributed by atoms with Gasteiger partial charge in [-0.1, -0.05) is 12.1 Å². The van der Waals surface area contributed by atoms with Crippen LogP contribution in [0.5, 0.6) is 0 Å². The molecule has 0 aliphatic carbocycles. The van der Waals surface area contributed by atoms with Crippen LogP contribution in [0.3, 0.4) is 0 Å². The third-order valence-corrected chi connectivity index (χ3v) is 6.34. The maximum atomic E-state index is 13.2. The average Bonchev–Trinajstić information content (AvgIpc) is 3.41. The molecule has 0 radical (unpaired) electrons. The van der Waals surface area contributed by atoms with Gasteiger partial charge in [0.2, 0.25) is 0 Å². The number of allylic oxidation sites excluding steroid dienone is 3. The molecule has 5 rings (SSSR count). The number of likely N-dealkylation sites (tertiary alicyclic amines) is 1. The Morgan fingerprint density at radius 2 is 2.03 bits per heavy atom. The summed E-state index contributed by atoms with van der Waals surface area (Å²) in [5, 5.41) is 4.52. The predicted molar refractivity (Wildman–Crippen MR) is 115 cm³/mol. The van der Waals surface area contributed by atoms with Gasteiger partial charge >= 0.3 is 0 Å². The molecule has 4 heterocycles. The summed E-state index contributed by atoms with van der Waals surface area (Å²) in [6.07, 6.45) is 9.09. The second-order valence-corrected chi connectivity index (χ2v) is 7.88. The second-order valence-electron chi connectivity index (χ2n) is 7.88. The highest BCUT2D eigenvalue weighted by molar-refractivity contribution is 6.04. The summed E-state index contributed by atoms with van der Waals surface area (Å²) >= 11 is 0. The molecule has 7 heteroatoms. The van der Waals surface area contributed by atoms with Crippen LogP contribution in [0, 0.1) is 0 Å². The number of rotatable bonds is 1. The third-order valence-electron chi connectivity index (χ3n) is 6.34. The summed E-state index contributed by atoms with van der Waals surface area (Å²) in [5.41, 5.74) is 5.08. The van der Waals surface area contributed by atoms with E-state index >= 15 is 0 Å². The predicted octanol–water partition coefficient (Wildman–Crippen LogP) is 3.77. The Hall–Kier alpha value is -3.35. The fraction of sp³-hybridized carbons (Fsp3) is 0.348. The molecule has 2 aliphatic heterocycles. The number of para-hydroxylation sites is 1. The van der Waals surface area contributed by atoms with Crippen LogP contribution in [0.2, 0.25) is 0 Å².